The molecule has 0 saturated carbocycles. The van der Waals surface area contributed by atoms with Crippen molar-refractivity contribution >= 4 is 11.8 Å². The van der Waals surface area contributed by atoms with Crippen molar-refractivity contribution < 1.29 is 14.3 Å². The van der Waals surface area contributed by atoms with Gasteiger partial charge in [0.25, 0.3) is 0 Å². The molecule has 0 spiro atoms. The van der Waals surface area contributed by atoms with E-state index in [1.165, 1.54) is 0 Å². The highest BCUT2D eigenvalue weighted by Gasteiger charge is 2.23. The predicted molar refractivity (Wildman–Crippen MR) is 91.0 cm³/mol. The second-order valence-electron chi connectivity index (χ2n) is 5.86. The molecule has 5 heteroatoms. The number of carbonyl (C=O) groups excluding carboxylic acids is 1. The third-order valence-corrected chi connectivity index (χ3v) is 3.92. The SMILES string of the molecule is COc1ccc(Cn2c(C)c(C)c(C(=O)OC(C)C)c2N)cc1. The van der Waals surface area contributed by atoms with Crippen LogP contribution in [0.25, 0.3) is 0 Å². The Morgan fingerprint density at radius 2 is 1.83 bits per heavy atom. The maximum atomic E-state index is 12.3. The first-order valence-corrected chi connectivity index (χ1v) is 7.64. The number of esters is 1. The van der Waals surface area contributed by atoms with Crippen LogP contribution in [0.5, 0.6) is 5.75 Å². The molecule has 124 valence electrons. The number of hydrogen-bond donors (Lipinski definition) is 1. The number of nitrogens with zero attached hydrogens (tertiary/aromatic N) is 1. The Kier molecular flexibility index (Phi) is 4.98. The number of anilines is 1. The number of hydrogen-bond acceptors (Lipinski definition) is 4. The van der Waals surface area contributed by atoms with Crippen LogP contribution in [0, 0.1) is 13.8 Å². The van der Waals surface area contributed by atoms with Crippen molar-refractivity contribution in [3.8, 4) is 5.75 Å². The van der Waals surface area contributed by atoms with Gasteiger partial charge in [0.05, 0.1) is 13.2 Å². The van der Waals surface area contributed by atoms with E-state index in [9.17, 15) is 4.79 Å². The molecule has 0 unspecified atom stereocenters. The van der Waals surface area contributed by atoms with Gasteiger partial charge in [-0.15, -0.1) is 0 Å². The van der Waals surface area contributed by atoms with Crippen molar-refractivity contribution in [3.63, 3.8) is 0 Å². The van der Waals surface area contributed by atoms with E-state index in [1.54, 1.807) is 7.11 Å². The standard InChI is InChI=1S/C18H24N2O3/c1-11(2)23-18(21)16-12(3)13(4)20(17(16)19)10-14-6-8-15(22-5)9-7-14/h6-9,11H,10,19H2,1-5H3. The van der Waals surface area contributed by atoms with Gasteiger partial charge in [-0.2, -0.15) is 0 Å². The summed E-state index contributed by atoms with van der Waals surface area (Å²) in [6.45, 7) is 8.10. The minimum Gasteiger partial charge on any atom is -0.497 e. The smallest absolute Gasteiger partial charge is 0.342 e. The van der Waals surface area contributed by atoms with Crippen molar-refractivity contribution in [2.45, 2.75) is 40.3 Å². The number of nitrogens with two attached hydrogens (primary N) is 1. The van der Waals surface area contributed by atoms with E-state index in [1.807, 2.05) is 56.5 Å². The first-order valence-electron chi connectivity index (χ1n) is 7.64. The van der Waals surface area contributed by atoms with E-state index in [0.717, 1.165) is 22.6 Å². The molecule has 2 N–H and O–H groups in total. The Morgan fingerprint density at radius 1 is 1.22 bits per heavy atom. The molecule has 0 radical (unpaired) electrons. The lowest BCUT2D eigenvalue weighted by Gasteiger charge is -2.11. The Morgan fingerprint density at radius 3 is 2.35 bits per heavy atom. The van der Waals surface area contributed by atoms with Crippen LogP contribution in [0.1, 0.15) is 41.0 Å². The first-order chi connectivity index (χ1) is 10.8. The summed E-state index contributed by atoms with van der Waals surface area (Å²) in [5, 5.41) is 0. The van der Waals surface area contributed by atoms with Crippen molar-refractivity contribution in [1.82, 2.24) is 4.57 Å². The number of aromatic nitrogens is 1. The highest BCUT2D eigenvalue weighted by molar-refractivity contribution is 5.96. The molecule has 1 aromatic carbocycles. The van der Waals surface area contributed by atoms with Crippen molar-refractivity contribution in [2.75, 3.05) is 12.8 Å². The van der Waals surface area contributed by atoms with Crippen molar-refractivity contribution in [1.29, 1.82) is 0 Å². The van der Waals surface area contributed by atoms with Crippen LogP contribution in [0.15, 0.2) is 24.3 Å². The third kappa shape index (κ3) is 3.50. The normalized spacial score (nSPS) is 10.9. The number of methoxy groups -OCH3 is 1. The fraction of sp³-hybridized carbons (Fsp3) is 0.389. The topological polar surface area (TPSA) is 66.5 Å². The summed E-state index contributed by atoms with van der Waals surface area (Å²) in [4.78, 5) is 12.3. The zero-order valence-corrected chi connectivity index (χ0v) is 14.3. The molecular formula is C18H24N2O3. The quantitative estimate of drug-likeness (QED) is 0.859. The van der Waals surface area contributed by atoms with Crippen molar-refractivity contribution in [3.05, 3.63) is 46.6 Å². The fourth-order valence-electron chi connectivity index (χ4n) is 2.54. The molecule has 0 amide bonds. The van der Waals surface area contributed by atoms with Gasteiger partial charge in [0.15, 0.2) is 0 Å². The van der Waals surface area contributed by atoms with Crippen LogP contribution in [0.2, 0.25) is 0 Å². The molecule has 0 fully saturated rings. The second kappa shape index (κ2) is 6.77. The summed E-state index contributed by atoms with van der Waals surface area (Å²) in [5.41, 5.74) is 9.60. The van der Waals surface area contributed by atoms with Crippen molar-refractivity contribution in [2.24, 2.45) is 0 Å². The van der Waals surface area contributed by atoms with Gasteiger partial charge >= 0.3 is 5.97 Å². The Labute approximate surface area is 137 Å². The molecule has 0 atom stereocenters. The maximum Gasteiger partial charge on any atom is 0.342 e. The summed E-state index contributed by atoms with van der Waals surface area (Å²) < 4.78 is 12.4. The van der Waals surface area contributed by atoms with Gasteiger partial charge in [-0.1, -0.05) is 12.1 Å². The first kappa shape index (κ1) is 16.9. The molecule has 1 aromatic heterocycles. The number of carbonyl (C=O) groups is 1. The lowest BCUT2D eigenvalue weighted by molar-refractivity contribution is 0.0378. The van der Waals surface area contributed by atoms with E-state index in [2.05, 4.69) is 0 Å². The Hall–Kier alpha value is -2.43. The lowest BCUT2D eigenvalue weighted by Crippen LogP contribution is -2.14. The monoisotopic (exact) mass is 316 g/mol. The number of rotatable bonds is 5. The van der Waals surface area contributed by atoms with Crippen LogP contribution in [-0.4, -0.2) is 23.8 Å². The lowest BCUT2D eigenvalue weighted by atomic mass is 10.1. The van der Waals surface area contributed by atoms with Gasteiger partial charge in [-0.3, -0.25) is 0 Å². The van der Waals surface area contributed by atoms with Crippen LogP contribution in [-0.2, 0) is 11.3 Å². The average Bonchev–Trinajstić information content (AvgIpc) is 2.71. The van der Waals surface area contributed by atoms with E-state index in [4.69, 9.17) is 15.2 Å². The maximum absolute atomic E-state index is 12.3. The van der Waals surface area contributed by atoms with E-state index < -0.39 is 0 Å². The summed E-state index contributed by atoms with van der Waals surface area (Å²) in [6.07, 6.45) is -0.174. The highest BCUT2D eigenvalue weighted by Crippen LogP contribution is 2.27. The average molecular weight is 316 g/mol. The summed E-state index contributed by atoms with van der Waals surface area (Å²) in [5.74, 6) is 0.886. The summed E-state index contributed by atoms with van der Waals surface area (Å²) >= 11 is 0. The molecule has 0 aliphatic heterocycles. The van der Waals surface area contributed by atoms with Crippen LogP contribution in [0.4, 0.5) is 5.82 Å². The van der Waals surface area contributed by atoms with Gasteiger partial charge < -0.3 is 19.8 Å². The molecule has 1 heterocycles. The molecule has 23 heavy (non-hydrogen) atoms. The fourth-order valence-corrected chi connectivity index (χ4v) is 2.54. The number of benzene rings is 1. The molecule has 5 nitrogen and oxygen atoms in total. The highest BCUT2D eigenvalue weighted by atomic mass is 16.5. The molecule has 0 saturated heterocycles. The number of ether oxygens (including phenoxy) is 2. The zero-order chi connectivity index (χ0) is 17.1. The van der Waals surface area contributed by atoms with E-state index in [0.29, 0.717) is 17.9 Å². The van der Waals surface area contributed by atoms with Gasteiger partial charge in [0, 0.05) is 12.2 Å². The van der Waals surface area contributed by atoms with Gasteiger partial charge in [-0.25, -0.2) is 4.79 Å². The molecular weight excluding hydrogens is 292 g/mol. The Balaban J connectivity index is 2.34. The predicted octanol–water partition coefficient (Wildman–Crippen LogP) is 3.31. The third-order valence-electron chi connectivity index (χ3n) is 3.92. The molecule has 2 rings (SSSR count). The summed E-state index contributed by atoms with van der Waals surface area (Å²) in [6, 6.07) is 7.79. The van der Waals surface area contributed by atoms with Crippen LogP contribution in [0.3, 0.4) is 0 Å². The molecule has 0 bridgehead atoms. The largest absolute Gasteiger partial charge is 0.497 e. The van der Waals surface area contributed by atoms with Crippen LogP contribution < -0.4 is 10.5 Å². The minimum atomic E-state index is -0.369. The summed E-state index contributed by atoms with van der Waals surface area (Å²) in [7, 11) is 1.64. The molecule has 0 aliphatic rings. The molecule has 0 aliphatic carbocycles. The van der Waals surface area contributed by atoms with Crippen LogP contribution >= 0.6 is 0 Å². The van der Waals surface area contributed by atoms with Gasteiger partial charge in [0.1, 0.15) is 17.1 Å². The zero-order valence-electron chi connectivity index (χ0n) is 14.3. The van der Waals surface area contributed by atoms with Gasteiger partial charge in [0.2, 0.25) is 0 Å². The van der Waals surface area contributed by atoms with Gasteiger partial charge in [-0.05, 0) is 51.0 Å². The minimum absolute atomic E-state index is 0.174. The van der Waals surface area contributed by atoms with E-state index in [-0.39, 0.29) is 12.1 Å². The Bertz CT molecular complexity index is 700. The number of nitrogen functional groups attached to an aromatic ring is 1. The van der Waals surface area contributed by atoms with E-state index >= 15 is 0 Å². The second-order valence-corrected chi connectivity index (χ2v) is 5.86. The molecule has 2 aromatic rings.